The lowest BCUT2D eigenvalue weighted by Gasteiger charge is -2.26. The summed E-state index contributed by atoms with van der Waals surface area (Å²) >= 11 is 0. The summed E-state index contributed by atoms with van der Waals surface area (Å²) in [5.74, 6) is 0.0338. The first-order valence-electron chi connectivity index (χ1n) is 7.13. The number of amides is 1. The molecule has 1 aromatic rings. The van der Waals surface area contributed by atoms with Crippen LogP contribution in [0.2, 0.25) is 0 Å². The minimum atomic E-state index is -0.0718. The molecule has 2 unspecified atom stereocenters. The lowest BCUT2D eigenvalue weighted by atomic mass is 10.0. The van der Waals surface area contributed by atoms with Crippen molar-refractivity contribution in [2.45, 2.75) is 32.4 Å². The molecule has 1 saturated heterocycles. The molecular weight excluding hydrogens is 256 g/mol. The predicted octanol–water partition coefficient (Wildman–Crippen LogP) is 1.22. The van der Waals surface area contributed by atoms with Gasteiger partial charge in [-0.25, -0.2) is 0 Å². The van der Waals surface area contributed by atoms with Crippen LogP contribution in [0.3, 0.4) is 0 Å². The van der Waals surface area contributed by atoms with Crippen LogP contribution in [0, 0.1) is 5.92 Å². The number of hydrogen-bond acceptors (Lipinski definition) is 4. The van der Waals surface area contributed by atoms with Gasteiger partial charge in [-0.15, -0.1) is 0 Å². The molecule has 110 valence electrons. The highest BCUT2D eigenvalue weighted by Crippen LogP contribution is 2.23. The van der Waals surface area contributed by atoms with Gasteiger partial charge in [0.1, 0.15) is 0 Å². The summed E-state index contributed by atoms with van der Waals surface area (Å²) in [6.07, 6.45) is 3.06. The molecule has 1 aromatic heterocycles. The molecule has 0 bridgehead atoms. The van der Waals surface area contributed by atoms with Gasteiger partial charge in [0, 0.05) is 26.0 Å². The normalized spacial score (nSPS) is 21.9. The Labute approximate surface area is 119 Å². The van der Waals surface area contributed by atoms with Gasteiger partial charge in [0.15, 0.2) is 0 Å². The molecule has 1 fully saturated rings. The van der Waals surface area contributed by atoms with Gasteiger partial charge in [0.25, 0.3) is 0 Å². The fourth-order valence-corrected chi connectivity index (χ4v) is 2.51. The topological polar surface area (TPSA) is 62.7 Å². The Hall–Kier alpha value is -1.46. The van der Waals surface area contributed by atoms with Crippen molar-refractivity contribution in [1.82, 2.24) is 9.88 Å². The van der Waals surface area contributed by atoms with Gasteiger partial charge >= 0.3 is 0 Å². The van der Waals surface area contributed by atoms with Gasteiger partial charge in [-0.05, 0) is 31.9 Å². The summed E-state index contributed by atoms with van der Waals surface area (Å²) in [6.45, 7) is 3.72. The van der Waals surface area contributed by atoms with E-state index >= 15 is 0 Å². The third kappa shape index (κ3) is 3.77. The van der Waals surface area contributed by atoms with E-state index in [1.54, 1.807) is 11.1 Å². The second-order valence-corrected chi connectivity index (χ2v) is 5.13. The number of carbonyl (C=O) groups excluding carboxylic acids is 1. The van der Waals surface area contributed by atoms with Crippen molar-refractivity contribution in [2.24, 2.45) is 5.92 Å². The summed E-state index contributed by atoms with van der Waals surface area (Å²) in [5, 5.41) is 9.00. The Morgan fingerprint density at radius 2 is 2.40 bits per heavy atom. The molecule has 2 heterocycles. The van der Waals surface area contributed by atoms with E-state index in [1.807, 2.05) is 25.1 Å². The van der Waals surface area contributed by atoms with Crippen LogP contribution in [0.5, 0.6) is 0 Å². The first-order valence-corrected chi connectivity index (χ1v) is 7.13. The number of aromatic nitrogens is 1. The van der Waals surface area contributed by atoms with Crippen LogP contribution in [-0.2, 0) is 16.1 Å². The molecule has 20 heavy (non-hydrogen) atoms. The highest BCUT2D eigenvalue weighted by Gasteiger charge is 2.33. The van der Waals surface area contributed by atoms with E-state index in [-0.39, 0.29) is 24.5 Å². The van der Waals surface area contributed by atoms with Crippen LogP contribution in [0.1, 0.15) is 25.5 Å². The zero-order chi connectivity index (χ0) is 14.4. The van der Waals surface area contributed by atoms with E-state index < -0.39 is 0 Å². The van der Waals surface area contributed by atoms with Crippen molar-refractivity contribution < 1.29 is 14.6 Å². The molecule has 0 aliphatic carbocycles. The monoisotopic (exact) mass is 278 g/mol. The average molecular weight is 278 g/mol. The molecule has 1 aliphatic rings. The third-order valence-electron chi connectivity index (χ3n) is 3.67. The fraction of sp³-hybridized carbons (Fsp3) is 0.600. The van der Waals surface area contributed by atoms with Gasteiger partial charge < -0.3 is 14.7 Å². The largest absolute Gasteiger partial charge is 0.396 e. The van der Waals surface area contributed by atoms with Gasteiger partial charge in [-0.3, -0.25) is 9.78 Å². The molecule has 2 rings (SSSR count). The zero-order valence-corrected chi connectivity index (χ0v) is 11.9. The molecule has 1 N–H and O–H groups in total. The quantitative estimate of drug-likeness (QED) is 0.850. The van der Waals surface area contributed by atoms with Crippen molar-refractivity contribution in [1.29, 1.82) is 0 Å². The van der Waals surface area contributed by atoms with Crippen LogP contribution in [-0.4, -0.2) is 46.8 Å². The summed E-state index contributed by atoms with van der Waals surface area (Å²) in [5.41, 5.74) is 0.866. The van der Waals surface area contributed by atoms with Crippen LogP contribution in [0.25, 0.3) is 0 Å². The Morgan fingerprint density at radius 3 is 3.00 bits per heavy atom. The number of nitrogens with zero attached hydrogens (tertiary/aromatic N) is 2. The number of ether oxygens (including phenoxy) is 1. The molecule has 2 atom stereocenters. The molecule has 5 nitrogen and oxygen atoms in total. The van der Waals surface area contributed by atoms with Gasteiger partial charge in [-0.2, -0.15) is 0 Å². The average Bonchev–Trinajstić information content (AvgIpc) is 2.90. The molecule has 1 amide bonds. The number of carbonyl (C=O) groups is 1. The number of hydrogen-bond donors (Lipinski definition) is 1. The van der Waals surface area contributed by atoms with E-state index in [0.717, 1.165) is 12.1 Å². The minimum absolute atomic E-state index is 0.0251. The van der Waals surface area contributed by atoms with E-state index in [9.17, 15) is 4.79 Å². The van der Waals surface area contributed by atoms with Crippen molar-refractivity contribution in [2.75, 3.05) is 19.8 Å². The highest BCUT2D eigenvalue weighted by atomic mass is 16.5. The van der Waals surface area contributed by atoms with Gasteiger partial charge in [-0.1, -0.05) is 6.07 Å². The Bertz CT molecular complexity index is 424. The molecule has 0 saturated carbocycles. The number of aliphatic hydroxyl groups is 1. The maximum atomic E-state index is 12.6. The minimum Gasteiger partial charge on any atom is -0.396 e. The predicted molar refractivity (Wildman–Crippen MR) is 74.9 cm³/mol. The Balaban J connectivity index is 2.04. The van der Waals surface area contributed by atoms with Crippen LogP contribution < -0.4 is 0 Å². The number of aliphatic hydroxyl groups excluding tert-OH is 1. The highest BCUT2D eigenvalue weighted by molar-refractivity contribution is 5.79. The van der Waals surface area contributed by atoms with E-state index in [2.05, 4.69) is 4.98 Å². The van der Waals surface area contributed by atoms with Crippen molar-refractivity contribution in [3.63, 3.8) is 0 Å². The lowest BCUT2D eigenvalue weighted by Crippen LogP contribution is -2.39. The van der Waals surface area contributed by atoms with E-state index in [4.69, 9.17) is 9.84 Å². The molecule has 0 radical (unpaired) electrons. The van der Waals surface area contributed by atoms with Gasteiger partial charge in [0.05, 0.1) is 24.3 Å². The Morgan fingerprint density at radius 1 is 1.55 bits per heavy atom. The smallest absolute Gasteiger partial charge is 0.228 e. The number of pyridine rings is 1. The number of rotatable bonds is 6. The van der Waals surface area contributed by atoms with E-state index in [1.165, 1.54) is 0 Å². The standard InChI is InChI=1S/C15H22N2O3/c1-12-14(6-10-20-12)15(19)17(8-4-9-18)11-13-5-2-3-7-16-13/h2-3,5,7,12,14,18H,4,6,8-11H2,1H3. The maximum absolute atomic E-state index is 12.6. The van der Waals surface area contributed by atoms with Crippen molar-refractivity contribution in [3.05, 3.63) is 30.1 Å². The van der Waals surface area contributed by atoms with Gasteiger partial charge in [0.2, 0.25) is 5.91 Å². The Kier molecular flexibility index (Phi) is 5.49. The lowest BCUT2D eigenvalue weighted by molar-refractivity contribution is -0.137. The molecule has 1 aliphatic heterocycles. The summed E-state index contributed by atoms with van der Waals surface area (Å²) in [4.78, 5) is 18.7. The van der Waals surface area contributed by atoms with E-state index in [0.29, 0.717) is 26.1 Å². The SMILES string of the molecule is CC1OCCC1C(=O)N(CCCO)Cc1ccccn1. The van der Waals surface area contributed by atoms with Crippen molar-refractivity contribution >= 4 is 5.91 Å². The molecular formula is C15H22N2O3. The second-order valence-electron chi connectivity index (χ2n) is 5.13. The second kappa shape index (κ2) is 7.36. The maximum Gasteiger partial charge on any atom is 0.228 e. The van der Waals surface area contributed by atoms with Crippen LogP contribution >= 0.6 is 0 Å². The van der Waals surface area contributed by atoms with Crippen LogP contribution in [0.15, 0.2) is 24.4 Å². The first kappa shape index (κ1) is 14.9. The summed E-state index contributed by atoms with van der Waals surface area (Å²) in [6, 6.07) is 5.68. The van der Waals surface area contributed by atoms with Crippen molar-refractivity contribution in [3.8, 4) is 0 Å². The molecule has 0 spiro atoms. The summed E-state index contributed by atoms with van der Waals surface area (Å²) in [7, 11) is 0. The molecule has 5 heteroatoms. The molecule has 0 aromatic carbocycles. The summed E-state index contributed by atoms with van der Waals surface area (Å²) < 4.78 is 5.48. The zero-order valence-electron chi connectivity index (χ0n) is 11.9. The fourth-order valence-electron chi connectivity index (χ4n) is 2.51. The third-order valence-corrected chi connectivity index (χ3v) is 3.67. The first-order chi connectivity index (χ1) is 9.72. The van der Waals surface area contributed by atoms with Crippen LogP contribution in [0.4, 0.5) is 0 Å².